The van der Waals surface area contributed by atoms with Crippen molar-refractivity contribution in [2.24, 2.45) is 5.16 Å². The van der Waals surface area contributed by atoms with Gasteiger partial charge in [0.15, 0.2) is 0 Å². The van der Waals surface area contributed by atoms with Crippen molar-refractivity contribution >= 4 is 11.5 Å². The van der Waals surface area contributed by atoms with Crippen LogP contribution in [0.2, 0.25) is 0 Å². The maximum Gasteiger partial charge on any atom is 0.212 e. The monoisotopic (exact) mass is 405 g/mol. The molecule has 4 aromatic carbocycles. The normalized spacial score (nSPS) is 11.7. The zero-order valence-electron chi connectivity index (χ0n) is 17.3. The van der Waals surface area contributed by atoms with Crippen molar-refractivity contribution < 1.29 is 9.63 Å². The molecule has 3 heteroatoms. The molecule has 4 aromatic rings. The Bertz CT molecular complexity index is 1060. The molecular formula is C28H23NO2. The van der Waals surface area contributed by atoms with Crippen molar-refractivity contribution in [3.63, 3.8) is 0 Å². The van der Waals surface area contributed by atoms with Gasteiger partial charge in [-0.15, -0.1) is 0 Å². The van der Waals surface area contributed by atoms with Gasteiger partial charge in [0.05, 0.1) is 0 Å². The van der Waals surface area contributed by atoms with Gasteiger partial charge >= 0.3 is 0 Å². The van der Waals surface area contributed by atoms with Gasteiger partial charge in [0, 0.05) is 22.3 Å². The highest BCUT2D eigenvalue weighted by atomic mass is 16.7. The summed E-state index contributed by atoms with van der Waals surface area (Å²) in [6.07, 6.45) is 0. The standard InChI is InChI=1S/C28H23NO2/c1-22(27(30)23-14-6-2-7-15-23)29-31-28(24-16-8-3-9-17-24,25-18-10-4-11-19-25)26-20-12-5-13-21-26/h2-21H,1H3/b29-22+. The molecule has 0 aliphatic carbocycles. The van der Waals surface area contributed by atoms with Crippen LogP contribution < -0.4 is 0 Å². The molecule has 0 N–H and O–H groups in total. The smallest absolute Gasteiger partial charge is 0.212 e. The molecule has 0 atom stereocenters. The molecule has 0 fully saturated rings. The summed E-state index contributed by atoms with van der Waals surface area (Å²) in [6.45, 7) is 1.68. The van der Waals surface area contributed by atoms with E-state index in [1.807, 2.05) is 109 Å². The highest BCUT2D eigenvalue weighted by Gasteiger charge is 2.39. The quantitative estimate of drug-likeness (QED) is 0.158. The zero-order valence-corrected chi connectivity index (χ0v) is 17.3. The molecule has 0 unspecified atom stereocenters. The fraction of sp³-hybridized carbons (Fsp3) is 0.0714. The Balaban J connectivity index is 1.85. The van der Waals surface area contributed by atoms with Gasteiger partial charge in [-0.3, -0.25) is 4.79 Å². The number of rotatable bonds is 7. The van der Waals surface area contributed by atoms with Crippen molar-refractivity contribution in [2.45, 2.75) is 12.5 Å². The van der Waals surface area contributed by atoms with Gasteiger partial charge in [-0.25, -0.2) is 0 Å². The Hall–Kier alpha value is -3.98. The third-order valence-corrected chi connectivity index (χ3v) is 5.23. The minimum Gasteiger partial charge on any atom is -0.374 e. The largest absolute Gasteiger partial charge is 0.374 e. The van der Waals surface area contributed by atoms with E-state index in [9.17, 15) is 4.79 Å². The highest BCUT2D eigenvalue weighted by molar-refractivity contribution is 6.45. The predicted molar refractivity (Wildman–Crippen MR) is 124 cm³/mol. The molecule has 0 saturated heterocycles. The van der Waals surface area contributed by atoms with E-state index in [2.05, 4.69) is 5.16 Å². The average Bonchev–Trinajstić information content (AvgIpc) is 2.86. The summed E-state index contributed by atoms with van der Waals surface area (Å²) in [5.74, 6) is -0.163. The summed E-state index contributed by atoms with van der Waals surface area (Å²) >= 11 is 0. The second kappa shape index (κ2) is 9.23. The fourth-order valence-electron chi connectivity index (χ4n) is 3.65. The molecule has 0 spiro atoms. The van der Waals surface area contributed by atoms with Crippen molar-refractivity contribution in [3.8, 4) is 0 Å². The number of nitrogens with zero attached hydrogens (tertiary/aromatic N) is 1. The van der Waals surface area contributed by atoms with E-state index in [1.54, 1.807) is 19.1 Å². The number of oxime groups is 1. The SMILES string of the molecule is C/C(=N\OC(c1ccccc1)(c1ccccc1)c1ccccc1)C(=O)c1ccccc1. The minimum absolute atomic E-state index is 0.163. The van der Waals surface area contributed by atoms with Crippen LogP contribution in [0.25, 0.3) is 0 Å². The third-order valence-electron chi connectivity index (χ3n) is 5.23. The van der Waals surface area contributed by atoms with Gasteiger partial charge in [0.25, 0.3) is 0 Å². The van der Waals surface area contributed by atoms with E-state index in [1.165, 1.54) is 0 Å². The maximum absolute atomic E-state index is 12.9. The third kappa shape index (κ3) is 4.17. The van der Waals surface area contributed by atoms with Gasteiger partial charge < -0.3 is 4.84 Å². The van der Waals surface area contributed by atoms with Crippen LogP contribution in [0.5, 0.6) is 0 Å². The Morgan fingerprint density at radius 1 is 0.613 bits per heavy atom. The van der Waals surface area contributed by atoms with Gasteiger partial charge in [-0.1, -0.05) is 126 Å². The summed E-state index contributed by atoms with van der Waals surface area (Å²) < 4.78 is 0. The molecule has 0 aromatic heterocycles. The summed E-state index contributed by atoms with van der Waals surface area (Å²) in [4.78, 5) is 19.2. The van der Waals surface area contributed by atoms with Crippen molar-refractivity contribution in [2.75, 3.05) is 0 Å². The van der Waals surface area contributed by atoms with E-state index in [-0.39, 0.29) is 5.78 Å². The number of carbonyl (C=O) groups excluding carboxylic acids is 1. The second-order valence-corrected chi connectivity index (χ2v) is 7.24. The van der Waals surface area contributed by atoms with E-state index in [4.69, 9.17) is 4.84 Å². The van der Waals surface area contributed by atoms with Gasteiger partial charge in [-0.05, 0) is 6.92 Å². The molecular weight excluding hydrogens is 382 g/mol. The molecule has 0 saturated carbocycles. The average molecular weight is 405 g/mol. The first kappa shape index (κ1) is 20.3. The molecule has 3 nitrogen and oxygen atoms in total. The lowest BCUT2D eigenvalue weighted by Gasteiger charge is -2.33. The lowest BCUT2D eigenvalue weighted by atomic mass is 9.80. The van der Waals surface area contributed by atoms with Crippen LogP contribution in [0.3, 0.4) is 0 Å². The Labute approximate surface area is 182 Å². The molecule has 0 amide bonds. The molecule has 0 aliphatic rings. The predicted octanol–water partition coefficient (Wildman–Crippen LogP) is 6.25. The zero-order chi connectivity index (χ0) is 21.5. The molecule has 0 aliphatic heterocycles. The molecule has 0 radical (unpaired) electrons. The first-order valence-electron chi connectivity index (χ1n) is 10.2. The number of ketones is 1. The van der Waals surface area contributed by atoms with Gasteiger partial charge in [0.2, 0.25) is 11.4 Å². The summed E-state index contributed by atoms with van der Waals surface area (Å²) in [5, 5.41) is 4.37. The van der Waals surface area contributed by atoms with Crippen LogP contribution in [0.15, 0.2) is 126 Å². The van der Waals surface area contributed by atoms with Crippen LogP contribution in [0.4, 0.5) is 0 Å². The number of hydrogen-bond acceptors (Lipinski definition) is 3. The van der Waals surface area contributed by atoms with Gasteiger partial charge in [-0.2, -0.15) is 0 Å². The molecule has 0 heterocycles. The van der Waals surface area contributed by atoms with E-state index >= 15 is 0 Å². The first-order chi connectivity index (χ1) is 15.2. The first-order valence-corrected chi connectivity index (χ1v) is 10.2. The lowest BCUT2D eigenvalue weighted by molar-refractivity contribution is 0.0169. The summed E-state index contributed by atoms with van der Waals surface area (Å²) in [7, 11) is 0. The number of hydrogen-bond donors (Lipinski definition) is 0. The van der Waals surface area contributed by atoms with Crippen LogP contribution in [0, 0.1) is 0 Å². The number of carbonyl (C=O) groups is 1. The van der Waals surface area contributed by atoms with Gasteiger partial charge in [0.1, 0.15) is 5.71 Å². The summed E-state index contributed by atoms with van der Waals surface area (Å²) in [5.41, 5.74) is 2.65. The van der Waals surface area contributed by atoms with Crippen molar-refractivity contribution in [3.05, 3.63) is 144 Å². The topological polar surface area (TPSA) is 38.7 Å². The Morgan fingerprint density at radius 3 is 1.35 bits per heavy atom. The molecule has 0 bridgehead atoms. The lowest BCUT2D eigenvalue weighted by Crippen LogP contribution is -2.32. The van der Waals surface area contributed by atoms with Crippen molar-refractivity contribution in [1.82, 2.24) is 0 Å². The second-order valence-electron chi connectivity index (χ2n) is 7.24. The Kier molecular flexibility index (Phi) is 6.04. The highest BCUT2D eigenvalue weighted by Crippen LogP contribution is 2.40. The van der Waals surface area contributed by atoms with Crippen molar-refractivity contribution in [1.29, 1.82) is 0 Å². The molecule has 31 heavy (non-hydrogen) atoms. The van der Waals surface area contributed by atoms with E-state index in [0.717, 1.165) is 16.7 Å². The van der Waals surface area contributed by atoms with Crippen LogP contribution >= 0.6 is 0 Å². The number of benzene rings is 4. The van der Waals surface area contributed by atoms with Crippen LogP contribution in [-0.4, -0.2) is 11.5 Å². The fourth-order valence-corrected chi connectivity index (χ4v) is 3.65. The van der Waals surface area contributed by atoms with E-state index < -0.39 is 5.60 Å². The summed E-state index contributed by atoms with van der Waals surface area (Å²) in [6, 6.07) is 39.0. The van der Waals surface area contributed by atoms with Crippen LogP contribution in [0.1, 0.15) is 34.0 Å². The van der Waals surface area contributed by atoms with E-state index in [0.29, 0.717) is 11.3 Å². The maximum atomic E-state index is 12.9. The van der Waals surface area contributed by atoms with Crippen LogP contribution in [-0.2, 0) is 10.4 Å². The Morgan fingerprint density at radius 2 is 0.968 bits per heavy atom. The molecule has 4 rings (SSSR count). The molecule has 152 valence electrons. The number of Topliss-reactive ketones (excluding diaryl/α,β-unsaturated/α-hetero) is 1. The minimum atomic E-state index is -0.998.